The first-order chi connectivity index (χ1) is 13.1. The highest BCUT2D eigenvalue weighted by molar-refractivity contribution is 6.09. The van der Waals surface area contributed by atoms with Gasteiger partial charge in [-0.05, 0) is 56.9 Å². The van der Waals surface area contributed by atoms with Gasteiger partial charge in [-0.3, -0.25) is 9.59 Å². The molecular weight excluding hydrogens is 374 g/mol. The summed E-state index contributed by atoms with van der Waals surface area (Å²) >= 11 is 0. The van der Waals surface area contributed by atoms with Crippen LogP contribution >= 0.6 is 12.4 Å². The Hall–Kier alpha value is -2.37. The van der Waals surface area contributed by atoms with Crippen LogP contribution in [0.4, 0.5) is 5.69 Å². The van der Waals surface area contributed by atoms with Crippen molar-refractivity contribution in [3.8, 4) is 0 Å². The lowest BCUT2D eigenvalue weighted by molar-refractivity contribution is 0.0925. The third-order valence-electron chi connectivity index (χ3n) is 5.51. The van der Waals surface area contributed by atoms with E-state index in [9.17, 15) is 9.59 Å². The molecule has 2 unspecified atom stereocenters. The summed E-state index contributed by atoms with van der Waals surface area (Å²) in [5, 5.41) is 9.64. The summed E-state index contributed by atoms with van der Waals surface area (Å²) in [5.74, 6) is -0.333. The molecule has 6 heteroatoms. The third kappa shape index (κ3) is 4.54. The standard InChI is InChI=1S/C22H25N3O2.ClH/c1-14-5-4-6-15(11-14)21(26)25-20-8-3-2-7-19(20)22(27)24-18-12-16-9-10-17(13-18)23-16;/h2-8,11,16-18,23H,9-10,12-13H2,1H3,(H,24,27)(H,25,26);1H. The van der Waals surface area contributed by atoms with Gasteiger partial charge in [0.1, 0.15) is 0 Å². The zero-order chi connectivity index (χ0) is 18.8. The van der Waals surface area contributed by atoms with Crippen molar-refractivity contribution in [3.63, 3.8) is 0 Å². The van der Waals surface area contributed by atoms with E-state index in [0.717, 1.165) is 18.4 Å². The number of anilines is 1. The maximum Gasteiger partial charge on any atom is 0.255 e. The summed E-state index contributed by atoms with van der Waals surface area (Å²) in [6.45, 7) is 1.95. The molecule has 0 radical (unpaired) electrons. The normalized spacial score (nSPS) is 22.8. The molecule has 2 aliphatic heterocycles. The summed E-state index contributed by atoms with van der Waals surface area (Å²) in [4.78, 5) is 25.4. The van der Waals surface area contributed by atoms with Gasteiger partial charge >= 0.3 is 0 Å². The van der Waals surface area contributed by atoms with Crippen molar-refractivity contribution in [3.05, 3.63) is 65.2 Å². The average Bonchev–Trinajstić information content (AvgIpc) is 3.00. The summed E-state index contributed by atoms with van der Waals surface area (Å²) in [6.07, 6.45) is 4.33. The van der Waals surface area contributed by atoms with Crippen LogP contribution in [-0.4, -0.2) is 29.9 Å². The fraction of sp³-hybridized carbons (Fsp3) is 0.364. The van der Waals surface area contributed by atoms with Crippen LogP contribution in [0, 0.1) is 6.92 Å². The highest BCUT2D eigenvalue weighted by Crippen LogP contribution is 2.27. The largest absolute Gasteiger partial charge is 0.349 e. The van der Waals surface area contributed by atoms with E-state index in [2.05, 4.69) is 16.0 Å². The minimum absolute atomic E-state index is 0. The molecule has 2 atom stereocenters. The van der Waals surface area contributed by atoms with Gasteiger partial charge in [0.15, 0.2) is 0 Å². The molecule has 28 heavy (non-hydrogen) atoms. The van der Waals surface area contributed by atoms with E-state index in [0.29, 0.717) is 28.9 Å². The van der Waals surface area contributed by atoms with Crippen molar-refractivity contribution >= 4 is 29.9 Å². The monoisotopic (exact) mass is 399 g/mol. The van der Waals surface area contributed by atoms with Crippen molar-refractivity contribution in [2.45, 2.75) is 50.7 Å². The molecule has 0 aromatic heterocycles. The second-order valence-corrected chi connectivity index (χ2v) is 7.65. The van der Waals surface area contributed by atoms with E-state index in [1.165, 1.54) is 12.8 Å². The number of para-hydroxylation sites is 1. The van der Waals surface area contributed by atoms with E-state index in [4.69, 9.17) is 0 Å². The fourth-order valence-corrected chi connectivity index (χ4v) is 4.21. The van der Waals surface area contributed by atoms with Crippen molar-refractivity contribution in [2.24, 2.45) is 0 Å². The topological polar surface area (TPSA) is 70.2 Å². The van der Waals surface area contributed by atoms with Crippen LogP contribution in [0.2, 0.25) is 0 Å². The zero-order valence-corrected chi connectivity index (χ0v) is 16.7. The van der Waals surface area contributed by atoms with Crippen LogP contribution < -0.4 is 16.0 Å². The number of nitrogens with one attached hydrogen (secondary N) is 3. The Labute approximate surface area is 171 Å². The van der Waals surface area contributed by atoms with Crippen molar-refractivity contribution in [1.82, 2.24) is 10.6 Å². The number of amides is 2. The van der Waals surface area contributed by atoms with Gasteiger partial charge in [-0.25, -0.2) is 0 Å². The summed E-state index contributed by atoms with van der Waals surface area (Å²) in [6, 6.07) is 15.8. The number of aryl methyl sites for hydroxylation is 1. The first-order valence-corrected chi connectivity index (χ1v) is 9.62. The van der Waals surface area contributed by atoms with Gasteiger partial charge in [0.2, 0.25) is 0 Å². The van der Waals surface area contributed by atoms with Gasteiger partial charge in [-0.2, -0.15) is 0 Å². The molecule has 2 fully saturated rings. The Morgan fingerprint density at radius 1 is 0.964 bits per heavy atom. The third-order valence-corrected chi connectivity index (χ3v) is 5.51. The van der Waals surface area contributed by atoms with Gasteiger partial charge in [0, 0.05) is 23.7 Å². The van der Waals surface area contributed by atoms with Gasteiger partial charge in [0.25, 0.3) is 11.8 Å². The second kappa shape index (κ2) is 8.76. The number of fused-ring (bicyclic) bond motifs is 2. The molecule has 2 saturated heterocycles. The SMILES string of the molecule is Cc1cccc(C(=O)Nc2ccccc2C(=O)NC2CC3CCC(C2)N3)c1.Cl. The van der Waals surface area contributed by atoms with Crippen molar-refractivity contribution < 1.29 is 9.59 Å². The first kappa shape index (κ1) is 20.4. The number of hydrogen-bond acceptors (Lipinski definition) is 3. The molecular formula is C22H26ClN3O2. The van der Waals surface area contributed by atoms with E-state index < -0.39 is 0 Å². The van der Waals surface area contributed by atoms with Gasteiger partial charge in [0.05, 0.1) is 11.3 Å². The molecule has 5 nitrogen and oxygen atoms in total. The Morgan fingerprint density at radius 3 is 2.39 bits per heavy atom. The minimum atomic E-state index is -0.209. The number of benzene rings is 2. The first-order valence-electron chi connectivity index (χ1n) is 9.62. The minimum Gasteiger partial charge on any atom is -0.349 e. The summed E-state index contributed by atoms with van der Waals surface area (Å²) in [5.41, 5.74) is 2.65. The molecule has 2 aromatic rings. The van der Waals surface area contributed by atoms with E-state index in [-0.39, 0.29) is 30.3 Å². The van der Waals surface area contributed by atoms with Crippen molar-refractivity contribution in [2.75, 3.05) is 5.32 Å². The van der Waals surface area contributed by atoms with Crippen LogP contribution in [0.15, 0.2) is 48.5 Å². The number of hydrogen-bond donors (Lipinski definition) is 3. The van der Waals surface area contributed by atoms with Crippen molar-refractivity contribution in [1.29, 1.82) is 0 Å². The molecule has 3 N–H and O–H groups in total. The lowest BCUT2D eigenvalue weighted by atomic mass is 9.99. The predicted octanol–water partition coefficient (Wildman–Crippen LogP) is 3.68. The zero-order valence-electron chi connectivity index (χ0n) is 15.9. The quantitative estimate of drug-likeness (QED) is 0.734. The average molecular weight is 400 g/mol. The van der Waals surface area contributed by atoms with Crippen LogP contribution in [0.25, 0.3) is 0 Å². The number of piperidine rings is 1. The second-order valence-electron chi connectivity index (χ2n) is 7.65. The number of halogens is 1. The van der Waals surface area contributed by atoms with Crippen LogP contribution in [0.1, 0.15) is 52.0 Å². The Bertz CT molecular complexity index is 858. The predicted molar refractivity (Wildman–Crippen MR) is 113 cm³/mol. The molecule has 2 amide bonds. The molecule has 2 heterocycles. The maximum atomic E-state index is 12.9. The molecule has 0 aliphatic carbocycles. The Kier molecular flexibility index (Phi) is 6.37. The highest BCUT2D eigenvalue weighted by Gasteiger charge is 2.34. The lowest BCUT2D eigenvalue weighted by Gasteiger charge is -2.29. The highest BCUT2D eigenvalue weighted by atomic mass is 35.5. The van der Waals surface area contributed by atoms with Gasteiger partial charge in [-0.1, -0.05) is 29.8 Å². The molecule has 2 bridgehead atoms. The van der Waals surface area contributed by atoms with Crippen LogP contribution in [-0.2, 0) is 0 Å². The summed E-state index contributed by atoms with van der Waals surface area (Å²) in [7, 11) is 0. The Balaban J connectivity index is 0.00000225. The van der Waals surface area contributed by atoms with E-state index in [1.54, 1.807) is 18.2 Å². The smallest absolute Gasteiger partial charge is 0.255 e. The van der Waals surface area contributed by atoms with Crippen LogP contribution in [0.5, 0.6) is 0 Å². The molecule has 4 rings (SSSR count). The molecule has 0 saturated carbocycles. The molecule has 0 spiro atoms. The van der Waals surface area contributed by atoms with Crippen LogP contribution in [0.3, 0.4) is 0 Å². The number of carbonyl (C=O) groups is 2. The maximum absolute atomic E-state index is 12.9. The molecule has 2 aromatic carbocycles. The fourth-order valence-electron chi connectivity index (χ4n) is 4.21. The summed E-state index contributed by atoms with van der Waals surface area (Å²) < 4.78 is 0. The lowest BCUT2D eigenvalue weighted by Crippen LogP contribution is -2.48. The molecule has 148 valence electrons. The van der Waals surface area contributed by atoms with E-state index >= 15 is 0 Å². The Morgan fingerprint density at radius 2 is 1.68 bits per heavy atom. The number of carbonyl (C=O) groups excluding carboxylic acids is 2. The molecule has 2 aliphatic rings. The number of rotatable bonds is 4. The van der Waals surface area contributed by atoms with E-state index in [1.807, 2.05) is 37.3 Å². The van der Waals surface area contributed by atoms with Gasteiger partial charge < -0.3 is 16.0 Å². The van der Waals surface area contributed by atoms with Gasteiger partial charge in [-0.15, -0.1) is 12.4 Å².